The fourth-order valence-electron chi connectivity index (χ4n) is 2.03. The summed E-state index contributed by atoms with van der Waals surface area (Å²) in [4.78, 5) is 23.1. The number of ether oxygens (including phenoxy) is 2. The van der Waals surface area contributed by atoms with Crippen molar-refractivity contribution in [3.63, 3.8) is 0 Å². The zero-order chi connectivity index (χ0) is 15.4. The van der Waals surface area contributed by atoms with Gasteiger partial charge in [-0.15, -0.1) is 0 Å². The van der Waals surface area contributed by atoms with Crippen molar-refractivity contribution < 1.29 is 24.2 Å². The molecule has 1 aliphatic heterocycles. The van der Waals surface area contributed by atoms with Gasteiger partial charge in [0, 0.05) is 12.5 Å². The van der Waals surface area contributed by atoms with Crippen LogP contribution in [0.1, 0.15) is 13.3 Å². The van der Waals surface area contributed by atoms with E-state index in [-0.39, 0.29) is 18.7 Å². The maximum atomic E-state index is 11.7. The minimum Gasteiger partial charge on any atom is -0.497 e. The number of methoxy groups -OCH3 is 1. The molecule has 0 spiro atoms. The molecule has 1 unspecified atom stereocenters. The normalized spacial score (nSPS) is 17.3. The molecule has 0 aliphatic carbocycles. The Morgan fingerprint density at radius 3 is 2.86 bits per heavy atom. The van der Waals surface area contributed by atoms with Gasteiger partial charge in [0.25, 0.3) is 0 Å². The smallest absolute Gasteiger partial charge is 0.354 e. The number of rotatable bonds is 5. The highest BCUT2D eigenvalue weighted by atomic mass is 16.5. The lowest BCUT2D eigenvalue weighted by Gasteiger charge is -2.20. The molecule has 0 bridgehead atoms. The summed E-state index contributed by atoms with van der Waals surface area (Å²) in [6, 6.07) is 5.90. The number of hydrogen-bond donors (Lipinski definition) is 1. The summed E-state index contributed by atoms with van der Waals surface area (Å²) in [5.74, 6) is -1.06. The van der Waals surface area contributed by atoms with Crippen LogP contribution in [0.25, 0.3) is 0 Å². The highest BCUT2D eigenvalue weighted by Crippen LogP contribution is 2.28. The Bertz CT molecular complexity index is 584. The summed E-state index contributed by atoms with van der Waals surface area (Å²) >= 11 is 0. The molecule has 7 heteroatoms. The van der Waals surface area contributed by atoms with Crippen LogP contribution >= 0.6 is 0 Å². The zero-order valence-corrected chi connectivity index (χ0v) is 11.8. The summed E-state index contributed by atoms with van der Waals surface area (Å²) in [6.45, 7) is 1.90. The minimum atomic E-state index is -1.05. The number of nitrogens with zero attached hydrogens (tertiary/aromatic N) is 2. The fourth-order valence-corrected chi connectivity index (χ4v) is 2.03. The number of aliphatic carboxylic acids is 1. The van der Waals surface area contributed by atoms with Crippen LogP contribution in [0.3, 0.4) is 0 Å². The van der Waals surface area contributed by atoms with E-state index in [1.165, 1.54) is 12.1 Å². The van der Waals surface area contributed by atoms with Crippen LogP contribution in [0.2, 0.25) is 0 Å². The summed E-state index contributed by atoms with van der Waals surface area (Å²) in [7, 11) is 1.52. The molecule has 21 heavy (non-hydrogen) atoms. The Labute approximate surface area is 121 Å². The van der Waals surface area contributed by atoms with Gasteiger partial charge in [-0.1, -0.05) is 6.07 Å². The van der Waals surface area contributed by atoms with Crippen molar-refractivity contribution in [1.82, 2.24) is 0 Å². The van der Waals surface area contributed by atoms with Crippen molar-refractivity contribution in [1.29, 1.82) is 0 Å². The number of carboxylic acids is 1. The van der Waals surface area contributed by atoms with E-state index in [0.717, 1.165) is 0 Å². The minimum absolute atomic E-state index is 0.00533. The van der Waals surface area contributed by atoms with E-state index in [1.54, 1.807) is 31.2 Å². The first-order valence-electron chi connectivity index (χ1n) is 6.47. The molecule has 0 radical (unpaired) electrons. The summed E-state index contributed by atoms with van der Waals surface area (Å²) in [5.41, 5.74) is 0.646. The van der Waals surface area contributed by atoms with Crippen molar-refractivity contribution in [3.05, 3.63) is 24.3 Å². The van der Waals surface area contributed by atoms with Gasteiger partial charge in [0.15, 0.2) is 6.04 Å². The summed E-state index contributed by atoms with van der Waals surface area (Å²) < 4.78 is 9.98. The van der Waals surface area contributed by atoms with Crippen molar-refractivity contribution in [3.8, 4) is 5.75 Å². The average Bonchev–Trinajstić information content (AvgIpc) is 2.93. The molecule has 112 valence electrons. The number of benzene rings is 1. The molecular weight excluding hydrogens is 276 g/mol. The molecule has 1 aromatic carbocycles. The standard InChI is InChI=1S/C14H16N2O5/c1-3-21-14(19)11-8-12(13(17)18)16(15-11)9-5-4-6-10(7-9)20-2/h4-7,12H,3,8H2,1-2H3,(H,17,18). The number of hydrogen-bond acceptors (Lipinski definition) is 6. The van der Waals surface area contributed by atoms with Crippen molar-refractivity contribution in [2.24, 2.45) is 5.10 Å². The van der Waals surface area contributed by atoms with Gasteiger partial charge in [-0.2, -0.15) is 5.10 Å². The number of carbonyl (C=O) groups is 2. The van der Waals surface area contributed by atoms with E-state index in [9.17, 15) is 14.7 Å². The fraction of sp³-hybridized carbons (Fsp3) is 0.357. The second-order valence-electron chi connectivity index (χ2n) is 4.37. The first-order valence-corrected chi connectivity index (χ1v) is 6.47. The second-order valence-corrected chi connectivity index (χ2v) is 4.37. The third-order valence-electron chi connectivity index (χ3n) is 3.02. The maximum Gasteiger partial charge on any atom is 0.354 e. The van der Waals surface area contributed by atoms with Gasteiger partial charge in [0.2, 0.25) is 0 Å². The molecule has 0 saturated heterocycles. The molecule has 1 atom stereocenters. The van der Waals surface area contributed by atoms with Crippen LogP contribution in [-0.2, 0) is 14.3 Å². The lowest BCUT2D eigenvalue weighted by Crippen LogP contribution is -2.34. The molecular formula is C14H16N2O5. The van der Waals surface area contributed by atoms with E-state index >= 15 is 0 Å². The van der Waals surface area contributed by atoms with Crippen LogP contribution in [0.15, 0.2) is 29.4 Å². The number of esters is 1. The molecule has 0 fully saturated rings. The topological polar surface area (TPSA) is 88.4 Å². The molecule has 1 aliphatic rings. The van der Waals surface area contributed by atoms with Gasteiger partial charge >= 0.3 is 11.9 Å². The van der Waals surface area contributed by atoms with Crippen LogP contribution in [-0.4, -0.2) is 42.5 Å². The van der Waals surface area contributed by atoms with Crippen molar-refractivity contribution >= 4 is 23.3 Å². The predicted molar refractivity (Wildman–Crippen MR) is 75.6 cm³/mol. The van der Waals surface area contributed by atoms with E-state index in [0.29, 0.717) is 11.4 Å². The Kier molecular flexibility index (Phi) is 4.42. The first kappa shape index (κ1) is 14.8. The molecule has 1 N–H and O–H groups in total. The lowest BCUT2D eigenvalue weighted by molar-refractivity contribution is -0.138. The van der Waals surface area contributed by atoms with Crippen LogP contribution in [0, 0.1) is 0 Å². The van der Waals surface area contributed by atoms with Gasteiger partial charge in [0.05, 0.1) is 19.4 Å². The quantitative estimate of drug-likeness (QED) is 0.822. The predicted octanol–water partition coefficient (Wildman–Crippen LogP) is 1.28. The maximum absolute atomic E-state index is 11.7. The van der Waals surface area contributed by atoms with Gasteiger partial charge in [-0.05, 0) is 19.1 Å². The van der Waals surface area contributed by atoms with E-state index in [1.807, 2.05) is 0 Å². The monoisotopic (exact) mass is 292 g/mol. The third kappa shape index (κ3) is 3.13. The molecule has 0 saturated carbocycles. The first-order chi connectivity index (χ1) is 10.1. The van der Waals surface area contributed by atoms with E-state index < -0.39 is 18.0 Å². The molecule has 2 rings (SSSR count). The highest BCUT2D eigenvalue weighted by Gasteiger charge is 2.36. The number of carbonyl (C=O) groups excluding carboxylic acids is 1. The Hall–Kier alpha value is -2.57. The average molecular weight is 292 g/mol. The van der Waals surface area contributed by atoms with Crippen LogP contribution in [0.5, 0.6) is 5.75 Å². The van der Waals surface area contributed by atoms with E-state index in [4.69, 9.17) is 9.47 Å². The van der Waals surface area contributed by atoms with Crippen molar-refractivity contribution in [2.75, 3.05) is 18.7 Å². The summed E-state index contributed by atoms with van der Waals surface area (Å²) in [5, 5.41) is 14.7. The van der Waals surface area contributed by atoms with Gasteiger partial charge in [-0.25, -0.2) is 9.59 Å². The summed E-state index contributed by atoms with van der Waals surface area (Å²) in [6.07, 6.45) is 0.00533. The van der Waals surface area contributed by atoms with E-state index in [2.05, 4.69) is 5.10 Å². The second kappa shape index (κ2) is 6.25. The molecule has 1 heterocycles. The van der Waals surface area contributed by atoms with Crippen LogP contribution < -0.4 is 9.75 Å². The number of carboxylic acid groups (broad SMARTS) is 1. The zero-order valence-electron chi connectivity index (χ0n) is 11.8. The molecule has 0 aromatic heterocycles. The Morgan fingerprint density at radius 1 is 1.48 bits per heavy atom. The highest BCUT2D eigenvalue weighted by molar-refractivity contribution is 6.38. The molecule has 0 amide bonds. The number of anilines is 1. The Morgan fingerprint density at radius 2 is 2.24 bits per heavy atom. The van der Waals surface area contributed by atoms with Crippen LogP contribution in [0.4, 0.5) is 5.69 Å². The van der Waals surface area contributed by atoms with Crippen molar-refractivity contribution in [2.45, 2.75) is 19.4 Å². The molecule has 7 nitrogen and oxygen atoms in total. The lowest BCUT2D eigenvalue weighted by atomic mass is 10.1. The van der Waals surface area contributed by atoms with Gasteiger partial charge < -0.3 is 14.6 Å². The largest absolute Gasteiger partial charge is 0.497 e. The Balaban J connectivity index is 2.32. The molecule has 1 aromatic rings. The SMILES string of the molecule is CCOC(=O)C1=NN(c2cccc(OC)c2)C(C(=O)O)C1. The number of hydrazone groups is 1. The van der Waals surface area contributed by atoms with Gasteiger partial charge in [0.1, 0.15) is 11.5 Å². The van der Waals surface area contributed by atoms with Gasteiger partial charge in [-0.3, -0.25) is 5.01 Å². The third-order valence-corrected chi connectivity index (χ3v) is 3.02.